The number of nitrogens with zero attached hydrogens (tertiary/aromatic N) is 1. The van der Waals surface area contributed by atoms with Gasteiger partial charge in [0.2, 0.25) is 15.9 Å². The van der Waals surface area contributed by atoms with Gasteiger partial charge in [-0.1, -0.05) is 36.9 Å². The molecule has 38 heavy (non-hydrogen) atoms. The smallest absolute Gasteiger partial charge is 0.291 e. The van der Waals surface area contributed by atoms with Crippen molar-refractivity contribution in [2.45, 2.75) is 62.6 Å². The third-order valence-electron chi connectivity index (χ3n) is 6.66. The topological polar surface area (TPSA) is 109 Å². The molecule has 0 radical (unpaired) electrons. The third kappa shape index (κ3) is 5.58. The number of piperidine rings is 1. The average Bonchev–Trinajstić information content (AvgIpc) is 3.33. The highest BCUT2D eigenvalue weighted by Crippen LogP contribution is 2.42. The highest BCUT2D eigenvalue weighted by molar-refractivity contribution is 7.89. The lowest BCUT2D eigenvalue weighted by Crippen LogP contribution is -2.65. The van der Waals surface area contributed by atoms with Crippen molar-refractivity contribution >= 4 is 27.5 Å². The minimum absolute atomic E-state index is 0.120. The van der Waals surface area contributed by atoms with Crippen LogP contribution >= 0.6 is 0 Å². The lowest BCUT2D eigenvalue weighted by atomic mass is 9.79. The van der Waals surface area contributed by atoms with Crippen LogP contribution in [-0.2, 0) is 14.8 Å². The van der Waals surface area contributed by atoms with Crippen molar-refractivity contribution in [1.82, 2.24) is 9.62 Å². The maximum Gasteiger partial charge on any atom is 0.291 e. The summed E-state index contributed by atoms with van der Waals surface area (Å²) in [7, 11) is -3.89. The minimum atomic E-state index is -3.89. The number of hydrogen-bond acceptors (Lipinski definition) is 5. The van der Waals surface area contributed by atoms with Gasteiger partial charge in [0, 0.05) is 28.4 Å². The molecule has 9 heteroatoms. The molecule has 8 nitrogen and oxygen atoms in total. The van der Waals surface area contributed by atoms with Gasteiger partial charge in [-0.2, -0.15) is 4.31 Å². The van der Waals surface area contributed by atoms with Gasteiger partial charge >= 0.3 is 0 Å². The Hall–Kier alpha value is -3.69. The van der Waals surface area contributed by atoms with Crippen LogP contribution in [0, 0.1) is 0 Å². The summed E-state index contributed by atoms with van der Waals surface area (Å²) in [5.41, 5.74) is -0.222. The molecule has 0 unspecified atom stereocenters. The number of carbonyl (C=O) groups excluding carboxylic acids is 2. The Bertz CT molecular complexity index is 1420. The fourth-order valence-corrected chi connectivity index (χ4v) is 7.64. The highest BCUT2D eigenvalue weighted by Gasteiger charge is 2.51. The van der Waals surface area contributed by atoms with E-state index in [-0.39, 0.29) is 22.6 Å². The quantitative estimate of drug-likeness (QED) is 0.404. The summed E-state index contributed by atoms with van der Waals surface area (Å²) >= 11 is 0. The van der Waals surface area contributed by atoms with E-state index in [0.717, 1.165) is 5.56 Å². The first-order chi connectivity index (χ1) is 17.8. The van der Waals surface area contributed by atoms with Crippen LogP contribution in [0.25, 0.3) is 11.3 Å². The Morgan fingerprint density at radius 3 is 2.13 bits per heavy atom. The van der Waals surface area contributed by atoms with Crippen LogP contribution in [0.5, 0.6) is 0 Å². The molecule has 2 heterocycles. The summed E-state index contributed by atoms with van der Waals surface area (Å²) in [5, 5.41) is 5.67. The Balaban J connectivity index is 1.50. The zero-order chi connectivity index (χ0) is 27.7. The lowest BCUT2D eigenvalue weighted by molar-refractivity contribution is -0.118. The summed E-state index contributed by atoms with van der Waals surface area (Å²) < 4.78 is 34.9. The minimum Gasteiger partial charge on any atom is -0.451 e. The van der Waals surface area contributed by atoms with Crippen molar-refractivity contribution in [3.63, 3.8) is 0 Å². The fourth-order valence-electron chi connectivity index (χ4n) is 5.50. The second-order valence-electron chi connectivity index (χ2n) is 10.7. The van der Waals surface area contributed by atoms with E-state index in [4.69, 9.17) is 4.42 Å². The maximum absolute atomic E-state index is 13.8. The van der Waals surface area contributed by atoms with Crippen LogP contribution in [0.15, 0.2) is 88.7 Å². The maximum atomic E-state index is 13.8. The Morgan fingerprint density at radius 1 is 0.947 bits per heavy atom. The highest BCUT2D eigenvalue weighted by atomic mass is 32.2. The van der Waals surface area contributed by atoms with Gasteiger partial charge in [-0.05, 0) is 83.0 Å². The van der Waals surface area contributed by atoms with Gasteiger partial charge in [0.05, 0.1) is 4.90 Å². The number of sulfonamides is 1. The number of nitrogens with one attached hydrogen (secondary N) is 2. The monoisotopic (exact) mass is 535 g/mol. The van der Waals surface area contributed by atoms with Crippen molar-refractivity contribution in [3.8, 4) is 11.3 Å². The molecule has 2 aromatic carbocycles. The Kier molecular flexibility index (Phi) is 7.36. The van der Waals surface area contributed by atoms with E-state index in [1.165, 1.54) is 22.5 Å². The third-order valence-corrected chi connectivity index (χ3v) is 9.00. The lowest BCUT2D eigenvalue weighted by Gasteiger charge is -2.53. The van der Waals surface area contributed by atoms with Crippen LogP contribution in [0.3, 0.4) is 0 Å². The molecule has 3 aromatic rings. The molecule has 2 amide bonds. The number of benzene rings is 2. The zero-order valence-corrected chi connectivity index (χ0v) is 22.8. The summed E-state index contributed by atoms with van der Waals surface area (Å²) in [6, 6.07) is 18.7. The molecule has 0 bridgehead atoms. The van der Waals surface area contributed by atoms with Crippen molar-refractivity contribution in [3.05, 3.63) is 85.1 Å². The molecule has 1 saturated heterocycles. The van der Waals surface area contributed by atoms with Crippen LogP contribution in [-0.4, -0.2) is 41.7 Å². The molecule has 4 rings (SSSR count). The second-order valence-corrected chi connectivity index (χ2v) is 12.5. The van der Waals surface area contributed by atoms with Gasteiger partial charge in [0.1, 0.15) is 5.76 Å². The normalized spacial score (nSPS) is 17.5. The molecule has 1 aliphatic heterocycles. The van der Waals surface area contributed by atoms with E-state index < -0.39 is 27.0 Å². The standard InChI is InChI=1S/C29H33N3O5S/c1-6-26(33)30-22-18-28(2,3)32(29(4,5)19-22)38(35,36)23-14-12-21(13-15-23)31-27(34)25-17-16-24(37-25)20-10-8-7-9-11-20/h6-17,22H,1,18-19H2,2-5H3,(H,30,33)(H,31,34). The van der Waals surface area contributed by atoms with Crippen molar-refractivity contribution in [2.75, 3.05) is 5.32 Å². The molecular weight excluding hydrogens is 502 g/mol. The first kappa shape index (κ1) is 27.3. The van der Waals surface area contributed by atoms with Gasteiger partial charge in [0.25, 0.3) is 5.91 Å². The average molecular weight is 536 g/mol. The van der Waals surface area contributed by atoms with Gasteiger partial charge in [-0.25, -0.2) is 8.42 Å². The molecule has 0 aliphatic carbocycles. The first-order valence-corrected chi connectivity index (χ1v) is 13.8. The van der Waals surface area contributed by atoms with E-state index in [1.807, 2.05) is 58.0 Å². The number of furan rings is 1. The van der Waals surface area contributed by atoms with Crippen LogP contribution in [0.1, 0.15) is 51.1 Å². The van der Waals surface area contributed by atoms with E-state index in [0.29, 0.717) is 24.3 Å². The van der Waals surface area contributed by atoms with Crippen LogP contribution in [0.4, 0.5) is 5.69 Å². The molecule has 0 spiro atoms. The molecule has 1 aromatic heterocycles. The summed E-state index contributed by atoms with van der Waals surface area (Å²) in [6.07, 6.45) is 2.13. The van der Waals surface area contributed by atoms with Gasteiger partial charge in [0.15, 0.2) is 5.76 Å². The van der Waals surface area contributed by atoms with Crippen LogP contribution in [0.2, 0.25) is 0 Å². The molecule has 1 aliphatic rings. The van der Waals surface area contributed by atoms with Crippen LogP contribution < -0.4 is 10.6 Å². The zero-order valence-electron chi connectivity index (χ0n) is 22.0. The molecule has 0 atom stereocenters. The molecule has 1 fully saturated rings. The Labute approximate surface area is 223 Å². The van der Waals surface area contributed by atoms with Crippen molar-refractivity contribution < 1.29 is 22.4 Å². The molecule has 0 saturated carbocycles. The predicted molar refractivity (Wildman–Crippen MR) is 147 cm³/mol. The summed E-state index contributed by atoms with van der Waals surface area (Å²) in [4.78, 5) is 24.7. The number of hydrogen-bond donors (Lipinski definition) is 2. The van der Waals surface area contributed by atoms with Gasteiger partial charge in [-0.15, -0.1) is 0 Å². The van der Waals surface area contributed by atoms with E-state index in [9.17, 15) is 18.0 Å². The number of anilines is 1. The Morgan fingerprint density at radius 2 is 1.55 bits per heavy atom. The fraction of sp³-hybridized carbons (Fsp3) is 0.310. The molecule has 2 N–H and O–H groups in total. The number of carbonyl (C=O) groups is 2. The van der Waals surface area contributed by atoms with Crippen molar-refractivity contribution in [2.24, 2.45) is 0 Å². The summed E-state index contributed by atoms with van der Waals surface area (Å²) in [6.45, 7) is 10.9. The van der Waals surface area contributed by atoms with E-state index in [2.05, 4.69) is 17.2 Å². The van der Waals surface area contributed by atoms with E-state index in [1.54, 1.807) is 24.3 Å². The van der Waals surface area contributed by atoms with Gasteiger partial charge in [-0.3, -0.25) is 9.59 Å². The van der Waals surface area contributed by atoms with Crippen molar-refractivity contribution in [1.29, 1.82) is 0 Å². The predicted octanol–water partition coefficient (Wildman–Crippen LogP) is 5.21. The second kappa shape index (κ2) is 10.2. The van der Waals surface area contributed by atoms with E-state index >= 15 is 0 Å². The molecular formula is C29H33N3O5S. The largest absolute Gasteiger partial charge is 0.451 e. The summed E-state index contributed by atoms with van der Waals surface area (Å²) in [5.74, 6) is 0.0146. The SMILES string of the molecule is C=CC(=O)NC1CC(C)(C)N(S(=O)(=O)c2ccc(NC(=O)c3ccc(-c4ccccc4)o3)cc2)C(C)(C)C1. The van der Waals surface area contributed by atoms with Gasteiger partial charge < -0.3 is 15.1 Å². The number of rotatable bonds is 7. The first-order valence-electron chi connectivity index (χ1n) is 12.4. The number of amides is 2. The molecule has 200 valence electrons.